The van der Waals surface area contributed by atoms with Gasteiger partial charge in [-0.05, 0) is 25.7 Å². The van der Waals surface area contributed by atoms with Crippen LogP contribution in [0.1, 0.15) is 44.9 Å². The molecule has 2 rings (SSSR count). The van der Waals surface area contributed by atoms with Crippen molar-refractivity contribution in [3.8, 4) is 0 Å². The lowest BCUT2D eigenvalue weighted by Gasteiger charge is -2.32. The van der Waals surface area contributed by atoms with Crippen molar-refractivity contribution >= 4 is 5.97 Å². The normalized spacial score (nSPS) is 29.4. The zero-order valence-corrected chi connectivity index (χ0v) is 10.1. The van der Waals surface area contributed by atoms with Crippen LogP contribution in [0.3, 0.4) is 0 Å². The van der Waals surface area contributed by atoms with E-state index in [9.17, 15) is 9.90 Å². The molecule has 1 aliphatic carbocycles. The molecule has 17 heavy (non-hydrogen) atoms. The van der Waals surface area contributed by atoms with Crippen LogP contribution in [0.5, 0.6) is 0 Å². The molecule has 0 aromatic rings. The smallest absolute Gasteiger partial charge is 0.321 e. The van der Waals surface area contributed by atoms with Gasteiger partial charge in [0, 0.05) is 12.6 Å². The van der Waals surface area contributed by atoms with Gasteiger partial charge in [0.25, 0.3) is 0 Å². The van der Waals surface area contributed by atoms with Gasteiger partial charge in [-0.15, -0.1) is 0 Å². The van der Waals surface area contributed by atoms with Crippen molar-refractivity contribution < 1.29 is 15.0 Å². The Morgan fingerprint density at radius 1 is 1.18 bits per heavy atom. The molecule has 1 saturated carbocycles. The molecule has 5 heteroatoms. The number of likely N-dealkylation sites (tertiary alicyclic amines) is 1. The fourth-order valence-corrected chi connectivity index (χ4v) is 2.92. The summed E-state index contributed by atoms with van der Waals surface area (Å²) in [7, 11) is 0. The largest absolute Gasteiger partial charge is 0.480 e. The number of carboxylic acid groups (broad SMARTS) is 1. The molecule has 0 aromatic carbocycles. The first-order valence-electron chi connectivity index (χ1n) is 6.61. The van der Waals surface area contributed by atoms with Crippen LogP contribution in [-0.4, -0.2) is 46.1 Å². The summed E-state index contributed by atoms with van der Waals surface area (Å²) in [5, 5.41) is 22.3. The first-order valence-corrected chi connectivity index (χ1v) is 6.61. The molecule has 3 N–H and O–H groups in total. The van der Waals surface area contributed by atoms with Crippen molar-refractivity contribution in [2.75, 3.05) is 6.54 Å². The van der Waals surface area contributed by atoms with Gasteiger partial charge in [0.05, 0.1) is 0 Å². The number of aliphatic hydroxyl groups is 1. The number of hydrogen-bond acceptors (Lipinski definition) is 4. The van der Waals surface area contributed by atoms with Crippen molar-refractivity contribution in [2.24, 2.45) is 0 Å². The van der Waals surface area contributed by atoms with Crippen LogP contribution in [0.25, 0.3) is 0 Å². The van der Waals surface area contributed by atoms with E-state index >= 15 is 0 Å². The lowest BCUT2D eigenvalue weighted by molar-refractivity contribution is -0.147. The van der Waals surface area contributed by atoms with Crippen LogP contribution in [-0.2, 0) is 4.79 Å². The maximum absolute atomic E-state index is 11.0. The first kappa shape index (κ1) is 12.8. The first-order chi connectivity index (χ1) is 8.18. The number of rotatable bonds is 4. The molecule has 5 nitrogen and oxygen atoms in total. The summed E-state index contributed by atoms with van der Waals surface area (Å²) in [6.45, 7) is 0.665. The topological polar surface area (TPSA) is 72.8 Å². The Morgan fingerprint density at radius 3 is 2.53 bits per heavy atom. The highest BCUT2D eigenvalue weighted by Crippen LogP contribution is 2.21. The fraction of sp³-hybridized carbons (Fsp3) is 0.917. The number of hydrogen-bond donors (Lipinski definition) is 3. The van der Waals surface area contributed by atoms with Crippen LogP contribution in [0, 0.1) is 0 Å². The van der Waals surface area contributed by atoms with Crippen molar-refractivity contribution in [1.29, 1.82) is 0 Å². The summed E-state index contributed by atoms with van der Waals surface area (Å²) in [4.78, 5) is 12.7. The van der Waals surface area contributed by atoms with Gasteiger partial charge >= 0.3 is 5.97 Å². The molecule has 0 spiro atoms. The Labute approximate surface area is 102 Å². The Hall–Kier alpha value is -0.650. The van der Waals surface area contributed by atoms with Gasteiger partial charge in [-0.2, -0.15) is 0 Å². The van der Waals surface area contributed by atoms with Gasteiger partial charge in [0.15, 0.2) is 6.35 Å². The average molecular weight is 242 g/mol. The van der Waals surface area contributed by atoms with Crippen LogP contribution in [0.15, 0.2) is 0 Å². The SMILES string of the molecule is O=C(O)C1CCCN1C(O)NC1CCCCC1. The third-order valence-corrected chi connectivity index (χ3v) is 3.88. The molecule has 2 unspecified atom stereocenters. The predicted octanol–water partition coefficient (Wildman–Crippen LogP) is 0.734. The lowest BCUT2D eigenvalue weighted by atomic mass is 9.96. The minimum Gasteiger partial charge on any atom is -0.480 e. The van der Waals surface area contributed by atoms with Crippen molar-refractivity contribution in [3.63, 3.8) is 0 Å². The third-order valence-electron chi connectivity index (χ3n) is 3.88. The lowest BCUT2D eigenvalue weighted by Crippen LogP contribution is -2.53. The van der Waals surface area contributed by atoms with E-state index in [1.165, 1.54) is 19.3 Å². The van der Waals surface area contributed by atoms with Gasteiger partial charge in [0.1, 0.15) is 6.04 Å². The summed E-state index contributed by atoms with van der Waals surface area (Å²) in [6, 6.07) is -0.185. The molecule has 0 bridgehead atoms. The number of carboxylic acids is 1. The summed E-state index contributed by atoms with van der Waals surface area (Å²) < 4.78 is 0. The number of carbonyl (C=O) groups is 1. The maximum atomic E-state index is 11.0. The van der Waals surface area contributed by atoms with Crippen LogP contribution >= 0.6 is 0 Å². The molecule has 1 aliphatic heterocycles. The van der Waals surface area contributed by atoms with Crippen LogP contribution < -0.4 is 5.32 Å². The van der Waals surface area contributed by atoms with E-state index in [0.29, 0.717) is 19.0 Å². The minimum absolute atomic E-state index is 0.341. The van der Waals surface area contributed by atoms with E-state index in [-0.39, 0.29) is 0 Å². The molecule has 0 aromatic heterocycles. The molecular formula is C12H22N2O3. The van der Waals surface area contributed by atoms with E-state index in [4.69, 9.17) is 5.11 Å². The van der Waals surface area contributed by atoms with Crippen LogP contribution in [0.4, 0.5) is 0 Å². The van der Waals surface area contributed by atoms with Gasteiger partial charge in [-0.3, -0.25) is 15.0 Å². The highest BCUT2D eigenvalue weighted by molar-refractivity contribution is 5.73. The van der Waals surface area contributed by atoms with E-state index in [0.717, 1.165) is 19.3 Å². The van der Waals surface area contributed by atoms with E-state index in [1.54, 1.807) is 4.90 Å². The number of nitrogens with one attached hydrogen (secondary N) is 1. The molecule has 2 aliphatic rings. The summed E-state index contributed by atoms with van der Waals surface area (Å²) >= 11 is 0. The van der Waals surface area contributed by atoms with Crippen molar-refractivity contribution in [1.82, 2.24) is 10.2 Å². The third kappa shape index (κ3) is 3.18. The second kappa shape index (κ2) is 5.80. The highest BCUT2D eigenvalue weighted by Gasteiger charge is 2.35. The highest BCUT2D eigenvalue weighted by atomic mass is 16.4. The zero-order chi connectivity index (χ0) is 12.3. The van der Waals surface area contributed by atoms with Gasteiger partial charge in [-0.25, -0.2) is 0 Å². The zero-order valence-electron chi connectivity index (χ0n) is 10.1. The molecule has 1 saturated heterocycles. The van der Waals surface area contributed by atoms with E-state index in [2.05, 4.69) is 5.32 Å². The van der Waals surface area contributed by atoms with Crippen molar-refractivity contribution in [3.05, 3.63) is 0 Å². The second-order valence-corrected chi connectivity index (χ2v) is 5.11. The molecule has 0 amide bonds. The summed E-state index contributed by atoms with van der Waals surface area (Å²) in [6.07, 6.45) is 6.53. The van der Waals surface area contributed by atoms with Gasteiger partial charge in [0.2, 0.25) is 0 Å². The monoisotopic (exact) mass is 242 g/mol. The van der Waals surface area contributed by atoms with Crippen LogP contribution in [0.2, 0.25) is 0 Å². The van der Waals surface area contributed by atoms with E-state index < -0.39 is 18.4 Å². The summed E-state index contributed by atoms with van der Waals surface area (Å²) in [5.41, 5.74) is 0. The summed E-state index contributed by atoms with van der Waals surface area (Å²) in [5.74, 6) is -0.827. The molecule has 0 radical (unpaired) electrons. The predicted molar refractivity (Wildman–Crippen MR) is 63.4 cm³/mol. The second-order valence-electron chi connectivity index (χ2n) is 5.11. The Morgan fingerprint density at radius 2 is 1.88 bits per heavy atom. The molecule has 1 heterocycles. The quantitative estimate of drug-likeness (QED) is 0.634. The van der Waals surface area contributed by atoms with E-state index in [1.807, 2.05) is 0 Å². The number of aliphatic carboxylic acids is 1. The van der Waals surface area contributed by atoms with Gasteiger partial charge in [-0.1, -0.05) is 19.3 Å². The fourth-order valence-electron chi connectivity index (χ4n) is 2.92. The Balaban J connectivity index is 1.85. The van der Waals surface area contributed by atoms with Gasteiger partial charge < -0.3 is 10.2 Å². The molecule has 2 fully saturated rings. The minimum atomic E-state index is -0.827. The number of aliphatic hydroxyl groups excluding tert-OH is 1. The Kier molecular flexibility index (Phi) is 4.36. The molecule has 98 valence electrons. The number of nitrogens with zero attached hydrogens (tertiary/aromatic N) is 1. The Bertz CT molecular complexity index is 266. The molecular weight excluding hydrogens is 220 g/mol. The standard InChI is InChI=1S/C12H22N2O3/c15-11(16)10-7-4-8-14(10)12(17)13-9-5-2-1-3-6-9/h9-10,12-13,17H,1-8H2,(H,15,16). The molecule has 2 atom stereocenters. The van der Waals surface area contributed by atoms with Crippen molar-refractivity contribution in [2.45, 2.75) is 63.4 Å². The maximum Gasteiger partial charge on any atom is 0.321 e. The average Bonchev–Trinajstić information content (AvgIpc) is 2.79.